The molecule has 0 spiro atoms. The molecule has 2 aromatic rings. The highest BCUT2D eigenvalue weighted by molar-refractivity contribution is 7.20. The third-order valence-electron chi connectivity index (χ3n) is 4.67. The zero-order chi connectivity index (χ0) is 18.7. The number of hydrogen-bond donors (Lipinski definition) is 2. The topological polar surface area (TPSA) is 87.6 Å². The molecule has 2 aromatic heterocycles. The summed E-state index contributed by atoms with van der Waals surface area (Å²) in [7, 11) is 0. The van der Waals surface area contributed by atoms with E-state index >= 15 is 0 Å². The van der Waals surface area contributed by atoms with Gasteiger partial charge in [0.2, 0.25) is 0 Å². The number of carbonyl (C=O) groups is 1. The second kappa shape index (κ2) is 8.28. The zero-order valence-electron chi connectivity index (χ0n) is 15.5. The molecule has 0 radical (unpaired) electrons. The van der Waals surface area contributed by atoms with Crippen LogP contribution in [0.15, 0.2) is 6.33 Å². The minimum atomic E-state index is -0.0698. The van der Waals surface area contributed by atoms with E-state index in [2.05, 4.69) is 15.3 Å². The lowest BCUT2D eigenvalue weighted by molar-refractivity contribution is 0.0669. The number of aromatic nitrogens is 2. The van der Waals surface area contributed by atoms with Crippen LogP contribution in [0, 0.1) is 6.92 Å². The van der Waals surface area contributed by atoms with Crippen molar-refractivity contribution in [1.29, 1.82) is 0 Å². The fourth-order valence-electron chi connectivity index (χ4n) is 3.26. The summed E-state index contributed by atoms with van der Waals surface area (Å²) in [6.45, 7) is 7.62. The third-order valence-corrected chi connectivity index (χ3v) is 5.86. The van der Waals surface area contributed by atoms with Gasteiger partial charge in [-0.1, -0.05) is 0 Å². The molecule has 26 heavy (non-hydrogen) atoms. The summed E-state index contributed by atoms with van der Waals surface area (Å²) in [6.07, 6.45) is 3.88. The number of ether oxygens (including phenoxy) is 1. The average Bonchev–Trinajstić information content (AvgIpc) is 3.25. The molecule has 0 saturated carbocycles. The molecule has 0 aromatic carbocycles. The molecule has 0 aliphatic carbocycles. The van der Waals surface area contributed by atoms with E-state index in [-0.39, 0.29) is 24.7 Å². The second-order valence-corrected chi connectivity index (χ2v) is 7.79. The van der Waals surface area contributed by atoms with Crippen LogP contribution < -0.4 is 5.32 Å². The summed E-state index contributed by atoms with van der Waals surface area (Å²) in [5.41, 5.74) is 0.883. The van der Waals surface area contributed by atoms with Crippen molar-refractivity contribution in [1.82, 2.24) is 14.9 Å². The molecule has 1 saturated heterocycles. The number of aliphatic hydroxyl groups excluding tert-OH is 1. The fraction of sp³-hybridized carbons (Fsp3) is 0.611. The maximum Gasteiger partial charge on any atom is 0.264 e. The van der Waals surface area contributed by atoms with Gasteiger partial charge in [-0.3, -0.25) is 4.79 Å². The summed E-state index contributed by atoms with van der Waals surface area (Å²) in [5.74, 6) is 0.677. The number of amides is 1. The van der Waals surface area contributed by atoms with Gasteiger partial charge in [-0.25, -0.2) is 9.97 Å². The number of aliphatic hydroxyl groups is 1. The lowest BCUT2D eigenvalue weighted by Crippen LogP contribution is -2.38. The first-order valence-electron chi connectivity index (χ1n) is 9.04. The normalized spacial score (nSPS) is 17.2. The highest BCUT2D eigenvalue weighted by atomic mass is 32.1. The van der Waals surface area contributed by atoms with Gasteiger partial charge in [-0.2, -0.15) is 0 Å². The Morgan fingerprint density at radius 2 is 2.31 bits per heavy atom. The van der Waals surface area contributed by atoms with Gasteiger partial charge >= 0.3 is 0 Å². The quantitative estimate of drug-likeness (QED) is 0.769. The van der Waals surface area contributed by atoms with E-state index in [4.69, 9.17) is 4.74 Å². The van der Waals surface area contributed by atoms with Crippen molar-refractivity contribution >= 4 is 33.3 Å². The number of rotatable bonds is 7. The van der Waals surface area contributed by atoms with Crippen LogP contribution in [0.3, 0.4) is 0 Å². The highest BCUT2D eigenvalue weighted by Crippen LogP contribution is 2.34. The SMILES string of the molecule is Cc1c(C(=O)N(CCO)C(C)C)sc2ncnc(NC[C@@H]3CCCO3)c12. The molecule has 7 nitrogen and oxygen atoms in total. The Kier molecular flexibility index (Phi) is 6.05. The first-order chi connectivity index (χ1) is 12.5. The first kappa shape index (κ1) is 19.0. The molecule has 2 N–H and O–H groups in total. The first-order valence-corrected chi connectivity index (χ1v) is 9.86. The monoisotopic (exact) mass is 378 g/mol. The summed E-state index contributed by atoms with van der Waals surface area (Å²) in [6, 6.07) is 0.0162. The van der Waals surface area contributed by atoms with Crippen molar-refractivity contribution in [2.75, 3.05) is 31.6 Å². The minimum Gasteiger partial charge on any atom is -0.395 e. The van der Waals surface area contributed by atoms with Crippen molar-refractivity contribution < 1.29 is 14.6 Å². The number of aryl methyl sites for hydroxylation is 1. The number of carbonyl (C=O) groups excluding carboxylic acids is 1. The Bertz CT molecular complexity index is 771. The average molecular weight is 378 g/mol. The van der Waals surface area contributed by atoms with Crippen LogP contribution in [-0.4, -0.2) is 64.3 Å². The van der Waals surface area contributed by atoms with E-state index in [9.17, 15) is 9.90 Å². The van der Waals surface area contributed by atoms with Gasteiger partial charge in [0.15, 0.2) is 0 Å². The Morgan fingerprint density at radius 3 is 2.96 bits per heavy atom. The van der Waals surface area contributed by atoms with Crippen molar-refractivity contribution in [2.24, 2.45) is 0 Å². The third kappa shape index (κ3) is 3.82. The van der Waals surface area contributed by atoms with Gasteiger partial charge in [0.25, 0.3) is 5.91 Å². The number of thiophene rings is 1. The van der Waals surface area contributed by atoms with Gasteiger partial charge in [0, 0.05) is 25.7 Å². The summed E-state index contributed by atoms with van der Waals surface area (Å²) in [5, 5.41) is 13.5. The number of fused-ring (bicyclic) bond motifs is 1. The van der Waals surface area contributed by atoms with Gasteiger partial charge in [-0.15, -0.1) is 11.3 Å². The summed E-state index contributed by atoms with van der Waals surface area (Å²) < 4.78 is 5.66. The van der Waals surface area contributed by atoms with Crippen molar-refractivity contribution in [3.63, 3.8) is 0 Å². The Balaban J connectivity index is 1.89. The number of nitrogens with zero attached hydrogens (tertiary/aromatic N) is 3. The van der Waals surface area contributed by atoms with Gasteiger partial charge < -0.3 is 20.1 Å². The molecule has 142 valence electrons. The van der Waals surface area contributed by atoms with Crippen molar-refractivity contribution in [3.8, 4) is 0 Å². The predicted octanol–water partition coefficient (Wildman–Crippen LogP) is 2.43. The molecular formula is C18H26N4O3S. The molecule has 1 atom stereocenters. The standard InChI is InChI=1S/C18H26N4O3S/c1-11(2)22(6-7-23)18(24)15-12(3)14-16(20-10-21-17(14)26-15)19-9-13-5-4-8-25-13/h10-11,13,23H,4-9H2,1-3H3,(H,19,20,21)/t13-/m0/s1. The second-order valence-electron chi connectivity index (χ2n) is 6.79. The maximum absolute atomic E-state index is 13.0. The molecule has 1 aliphatic rings. The minimum absolute atomic E-state index is 0.0162. The van der Waals surface area contributed by atoms with Crippen molar-refractivity contribution in [3.05, 3.63) is 16.8 Å². The smallest absolute Gasteiger partial charge is 0.264 e. The van der Waals surface area contributed by atoms with Crippen LogP contribution >= 0.6 is 11.3 Å². The summed E-state index contributed by atoms with van der Waals surface area (Å²) >= 11 is 1.38. The van der Waals surface area contributed by atoms with Crippen molar-refractivity contribution in [2.45, 2.75) is 45.8 Å². The molecular weight excluding hydrogens is 352 g/mol. The molecule has 3 rings (SSSR count). The van der Waals surface area contributed by atoms with Gasteiger partial charge in [-0.05, 0) is 39.2 Å². The van der Waals surface area contributed by atoms with E-state index in [0.29, 0.717) is 18.0 Å². The molecule has 3 heterocycles. The number of nitrogens with one attached hydrogen (secondary N) is 1. The molecule has 1 fully saturated rings. The maximum atomic E-state index is 13.0. The Morgan fingerprint density at radius 1 is 1.50 bits per heavy atom. The zero-order valence-corrected chi connectivity index (χ0v) is 16.3. The number of anilines is 1. The lowest BCUT2D eigenvalue weighted by Gasteiger charge is -2.25. The number of hydrogen-bond acceptors (Lipinski definition) is 7. The van der Waals surface area contributed by atoms with Gasteiger partial charge in [0.1, 0.15) is 17.0 Å². The molecule has 1 amide bonds. The van der Waals surface area contributed by atoms with Crippen LogP contribution in [-0.2, 0) is 4.74 Å². The van der Waals surface area contributed by atoms with E-state index in [1.54, 1.807) is 4.90 Å². The van der Waals surface area contributed by atoms with Crippen LogP contribution in [0.5, 0.6) is 0 Å². The lowest BCUT2D eigenvalue weighted by atomic mass is 10.1. The molecule has 0 unspecified atom stereocenters. The van der Waals surface area contributed by atoms with Crippen LogP contribution in [0.4, 0.5) is 5.82 Å². The fourth-order valence-corrected chi connectivity index (χ4v) is 4.36. The molecule has 1 aliphatic heterocycles. The van der Waals surface area contributed by atoms with E-state index in [0.717, 1.165) is 41.0 Å². The molecule has 8 heteroatoms. The predicted molar refractivity (Wildman–Crippen MR) is 103 cm³/mol. The highest BCUT2D eigenvalue weighted by Gasteiger charge is 2.25. The molecule has 0 bridgehead atoms. The Labute approximate surface area is 157 Å². The van der Waals surface area contributed by atoms with E-state index in [1.165, 1.54) is 17.7 Å². The Hall–Kier alpha value is -1.77. The summed E-state index contributed by atoms with van der Waals surface area (Å²) in [4.78, 5) is 24.9. The van der Waals surface area contributed by atoms with E-state index < -0.39 is 0 Å². The van der Waals surface area contributed by atoms with Crippen LogP contribution in [0.2, 0.25) is 0 Å². The van der Waals surface area contributed by atoms with Gasteiger partial charge in [0.05, 0.1) is 23.0 Å². The van der Waals surface area contributed by atoms with Crippen LogP contribution in [0.25, 0.3) is 10.2 Å². The van der Waals surface area contributed by atoms with E-state index in [1.807, 2.05) is 20.8 Å². The van der Waals surface area contributed by atoms with Crippen LogP contribution in [0.1, 0.15) is 41.9 Å². The largest absolute Gasteiger partial charge is 0.395 e.